The standard InChI is InChI=1S/C7H12F3NO3/c1-4(12)2-11-3-5(6(13)14)7(8,9)10/h4-5,11-12H,2-3H2,1H3,(H,13,14). The van der Waals surface area contributed by atoms with Gasteiger partial charge >= 0.3 is 12.1 Å². The molecule has 0 aromatic carbocycles. The van der Waals surface area contributed by atoms with Crippen molar-refractivity contribution in [1.82, 2.24) is 5.32 Å². The summed E-state index contributed by atoms with van der Waals surface area (Å²) in [5.41, 5.74) is 0. The number of aliphatic hydroxyl groups excluding tert-OH is 1. The van der Waals surface area contributed by atoms with Gasteiger partial charge < -0.3 is 15.5 Å². The molecule has 0 aliphatic heterocycles. The van der Waals surface area contributed by atoms with E-state index in [1.165, 1.54) is 6.92 Å². The van der Waals surface area contributed by atoms with E-state index in [1.807, 2.05) is 0 Å². The lowest BCUT2D eigenvalue weighted by Crippen LogP contribution is -2.40. The molecule has 0 aliphatic rings. The number of carboxylic acid groups (broad SMARTS) is 1. The molecular formula is C7H12F3NO3. The number of rotatable bonds is 5. The van der Waals surface area contributed by atoms with Crippen molar-refractivity contribution in [2.45, 2.75) is 19.2 Å². The van der Waals surface area contributed by atoms with Gasteiger partial charge in [0.2, 0.25) is 0 Å². The van der Waals surface area contributed by atoms with Gasteiger partial charge in [-0.15, -0.1) is 0 Å². The molecule has 0 saturated heterocycles. The first kappa shape index (κ1) is 13.2. The number of carboxylic acids is 1. The van der Waals surface area contributed by atoms with Crippen LogP contribution < -0.4 is 5.32 Å². The number of carbonyl (C=O) groups is 1. The molecule has 0 aromatic rings. The Kier molecular flexibility index (Phi) is 4.86. The van der Waals surface area contributed by atoms with Crippen LogP contribution >= 0.6 is 0 Å². The van der Waals surface area contributed by atoms with Crippen molar-refractivity contribution in [3.8, 4) is 0 Å². The van der Waals surface area contributed by atoms with Gasteiger partial charge in [-0.25, -0.2) is 0 Å². The number of aliphatic carboxylic acids is 1. The Bertz CT molecular complexity index is 193. The van der Waals surface area contributed by atoms with Crippen LogP contribution in [0.5, 0.6) is 0 Å². The van der Waals surface area contributed by atoms with Crippen LogP contribution in [0.25, 0.3) is 0 Å². The van der Waals surface area contributed by atoms with Crippen molar-refractivity contribution in [2.24, 2.45) is 5.92 Å². The van der Waals surface area contributed by atoms with Gasteiger partial charge in [0.05, 0.1) is 6.10 Å². The predicted octanol–water partition coefficient (Wildman–Crippen LogP) is 0.220. The lowest BCUT2D eigenvalue weighted by molar-refractivity contribution is -0.192. The fourth-order valence-electron chi connectivity index (χ4n) is 0.780. The molecule has 0 aromatic heterocycles. The summed E-state index contributed by atoms with van der Waals surface area (Å²) in [6, 6.07) is 0. The summed E-state index contributed by atoms with van der Waals surface area (Å²) in [4.78, 5) is 10.2. The van der Waals surface area contributed by atoms with Gasteiger partial charge in [-0.05, 0) is 6.92 Å². The summed E-state index contributed by atoms with van der Waals surface area (Å²) >= 11 is 0. The first-order valence-corrected chi connectivity index (χ1v) is 3.93. The minimum Gasteiger partial charge on any atom is -0.481 e. The molecule has 84 valence electrons. The Morgan fingerprint density at radius 2 is 1.93 bits per heavy atom. The monoisotopic (exact) mass is 215 g/mol. The SMILES string of the molecule is CC(O)CNCC(C(=O)O)C(F)(F)F. The zero-order chi connectivity index (χ0) is 11.4. The van der Waals surface area contributed by atoms with Crippen molar-refractivity contribution < 1.29 is 28.2 Å². The van der Waals surface area contributed by atoms with E-state index in [0.717, 1.165) is 0 Å². The Hall–Kier alpha value is -0.820. The molecule has 0 spiro atoms. The van der Waals surface area contributed by atoms with Crippen molar-refractivity contribution in [2.75, 3.05) is 13.1 Å². The lowest BCUT2D eigenvalue weighted by Gasteiger charge is -2.16. The topological polar surface area (TPSA) is 69.6 Å². The minimum absolute atomic E-state index is 0.0696. The molecule has 0 bridgehead atoms. The molecule has 0 radical (unpaired) electrons. The molecule has 4 nitrogen and oxygen atoms in total. The number of aliphatic hydroxyl groups is 1. The maximum absolute atomic E-state index is 12.0. The summed E-state index contributed by atoms with van der Waals surface area (Å²) in [5, 5.41) is 19.2. The fraction of sp³-hybridized carbons (Fsp3) is 0.857. The highest BCUT2D eigenvalue weighted by Crippen LogP contribution is 2.25. The third-order valence-corrected chi connectivity index (χ3v) is 1.48. The van der Waals surface area contributed by atoms with E-state index in [1.54, 1.807) is 0 Å². The second-order valence-corrected chi connectivity index (χ2v) is 2.94. The second-order valence-electron chi connectivity index (χ2n) is 2.94. The molecule has 3 N–H and O–H groups in total. The average molecular weight is 215 g/mol. The van der Waals surface area contributed by atoms with Gasteiger partial charge in [-0.1, -0.05) is 0 Å². The maximum Gasteiger partial charge on any atom is 0.403 e. The molecule has 0 fully saturated rings. The van der Waals surface area contributed by atoms with Crippen molar-refractivity contribution in [3.63, 3.8) is 0 Å². The molecule has 0 amide bonds. The van der Waals surface area contributed by atoms with Crippen molar-refractivity contribution >= 4 is 5.97 Å². The van der Waals surface area contributed by atoms with E-state index in [4.69, 9.17) is 10.2 Å². The van der Waals surface area contributed by atoms with Gasteiger partial charge in [-0.3, -0.25) is 4.79 Å². The first-order valence-electron chi connectivity index (χ1n) is 3.93. The van der Waals surface area contributed by atoms with E-state index in [2.05, 4.69) is 5.32 Å². The molecule has 2 atom stereocenters. The molecule has 14 heavy (non-hydrogen) atoms. The van der Waals surface area contributed by atoms with Gasteiger partial charge in [0.25, 0.3) is 0 Å². The Balaban J connectivity index is 4.07. The quantitative estimate of drug-likeness (QED) is 0.613. The second kappa shape index (κ2) is 5.16. The molecular weight excluding hydrogens is 203 g/mol. The maximum atomic E-state index is 12.0. The summed E-state index contributed by atoms with van der Waals surface area (Å²) in [7, 11) is 0. The highest BCUT2D eigenvalue weighted by atomic mass is 19.4. The Labute approximate surface area is 78.7 Å². The van der Waals surface area contributed by atoms with Crippen LogP contribution in [-0.4, -0.2) is 41.6 Å². The number of hydrogen-bond donors (Lipinski definition) is 3. The average Bonchev–Trinajstić information content (AvgIpc) is 1.94. The Morgan fingerprint density at radius 3 is 2.21 bits per heavy atom. The summed E-state index contributed by atoms with van der Waals surface area (Å²) < 4.78 is 36.0. The number of hydrogen-bond acceptors (Lipinski definition) is 3. The largest absolute Gasteiger partial charge is 0.481 e. The predicted molar refractivity (Wildman–Crippen MR) is 41.7 cm³/mol. The van der Waals surface area contributed by atoms with E-state index in [0.29, 0.717) is 0 Å². The van der Waals surface area contributed by atoms with E-state index in [-0.39, 0.29) is 6.54 Å². The zero-order valence-corrected chi connectivity index (χ0v) is 7.51. The highest BCUT2D eigenvalue weighted by Gasteiger charge is 2.44. The molecule has 0 rings (SSSR count). The van der Waals surface area contributed by atoms with E-state index in [9.17, 15) is 18.0 Å². The summed E-state index contributed by atoms with van der Waals surface area (Å²) in [6.07, 6.45) is -5.57. The van der Waals surface area contributed by atoms with Gasteiger partial charge in [-0.2, -0.15) is 13.2 Å². The van der Waals surface area contributed by atoms with Crippen LogP contribution in [0, 0.1) is 5.92 Å². The lowest BCUT2D eigenvalue weighted by atomic mass is 10.1. The number of halogens is 3. The Morgan fingerprint density at radius 1 is 1.43 bits per heavy atom. The molecule has 0 saturated carbocycles. The third kappa shape index (κ3) is 5.03. The number of alkyl halides is 3. The first-order chi connectivity index (χ1) is 6.25. The number of nitrogens with one attached hydrogen (secondary N) is 1. The van der Waals surface area contributed by atoms with Crippen molar-refractivity contribution in [1.29, 1.82) is 0 Å². The normalized spacial score (nSPS) is 16.4. The van der Waals surface area contributed by atoms with Crippen LogP contribution in [0.4, 0.5) is 13.2 Å². The van der Waals surface area contributed by atoms with Gasteiger partial charge in [0.1, 0.15) is 0 Å². The summed E-state index contributed by atoms with van der Waals surface area (Å²) in [6.45, 7) is 0.583. The van der Waals surface area contributed by atoms with Crippen LogP contribution in [-0.2, 0) is 4.79 Å². The van der Waals surface area contributed by atoms with E-state index >= 15 is 0 Å². The zero-order valence-electron chi connectivity index (χ0n) is 7.51. The van der Waals surface area contributed by atoms with Crippen LogP contribution in [0.15, 0.2) is 0 Å². The molecule has 0 heterocycles. The highest BCUT2D eigenvalue weighted by molar-refractivity contribution is 5.71. The minimum atomic E-state index is -4.77. The van der Waals surface area contributed by atoms with E-state index < -0.39 is 30.7 Å². The van der Waals surface area contributed by atoms with Gasteiger partial charge in [0.15, 0.2) is 5.92 Å². The van der Waals surface area contributed by atoms with Crippen LogP contribution in [0.3, 0.4) is 0 Å². The fourth-order valence-corrected chi connectivity index (χ4v) is 0.780. The van der Waals surface area contributed by atoms with Gasteiger partial charge in [0, 0.05) is 13.1 Å². The third-order valence-electron chi connectivity index (χ3n) is 1.48. The molecule has 2 unspecified atom stereocenters. The van der Waals surface area contributed by atoms with Crippen LogP contribution in [0.2, 0.25) is 0 Å². The van der Waals surface area contributed by atoms with Crippen molar-refractivity contribution in [3.05, 3.63) is 0 Å². The van der Waals surface area contributed by atoms with Crippen LogP contribution in [0.1, 0.15) is 6.92 Å². The molecule has 0 aliphatic carbocycles. The smallest absolute Gasteiger partial charge is 0.403 e. The molecule has 7 heteroatoms. The summed E-state index contributed by atoms with van der Waals surface area (Å²) in [5.74, 6) is -4.35.